The van der Waals surface area contributed by atoms with E-state index < -0.39 is 64.7 Å². The number of Topliss-reactive ketones (excluding diaryl/α,β-unsaturated/α-hetero) is 3. The van der Waals surface area contributed by atoms with Crippen molar-refractivity contribution < 1.29 is 34.5 Å². The number of primary amides is 1. The first-order valence-corrected chi connectivity index (χ1v) is 13.0. The third kappa shape index (κ3) is 4.28. The maximum Gasteiger partial charge on any atom is 0.230 e. The minimum absolute atomic E-state index is 0.0127. The standard InChI is InChI=1S/C28H38N4O7/c1-7-8-32(6)12-14-11-17(30(2)3)15-9-13-10-16-21(31(4)5)24(35)20(27(29)38)26(37)28(16,39)25(36)18(13)23(34)19(15)22(14)33/h7,11,13,16,18,20-21,24,33,35,39H,1,8-10,12H2,2-6H3,(H2,29,38)/t13-,16-,18?,20?,21-,24?,28-/m1/s1. The number of aromatic hydroxyl groups is 1. The van der Waals surface area contributed by atoms with Crippen LogP contribution in [0.25, 0.3) is 0 Å². The molecule has 0 saturated heterocycles. The Balaban J connectivity index is 1.87. The number of likely N-dealkylation sites (N-methyl/N-ethyl adjacent to an activating group) is 2. The summed E-state index contributed by atoms with van der Waals surface area (Å²) in [5, 5.41) is 34.0. The number of aliphatic hydroxyl groups is 2. The Bertz CT molecular complexity index is 1240. The highest BCUT2D eigenvalue weighted by Gasteiger charge is 2.69. The summed E-state index contributed by atoms with van der Waals surface area (Å²) in [6, 6.07) is 0.896. The van der Waals surface area contributed by atoms with Gasteiger partial charge in [0.25, 0.3) is 0 Å². The Hall–Kier alpha value is -3.12. The molecular weight excluding hydrogens is 504 g/mol. The maximum atomic E-state index is 14.0. The third-order valence-corrected chi connectivity index (χ3v) is 8.71. The van der Waals surface area contributed by atoms with Gasteiger partial charge >= 0.3 is 0 Å². The zero-order valence-corrected chi connectivity index (χ0v) is 23.0. The van der Waals surface area contributed by atoms with Crippen LogP contribution in [0.15, 0.2) is 18.7 Å². The van der Waals surface area contributed by atoms with Crippen LogP contribution in [-0.2, 0) is 27.3 Å². The fourth-order valence-electron chi connectivity index (χ4n) is 7.02. The summed E-state index contributed by atoms with van der Waals surface area (Å²) in [6.07, 6.45) is 0.515. The number of hydrogen-bond donors (Lipinski definition) is 4. The molecule has 212 valence electrons. The first kappa shape index (κ1) is 28.9. The highest BCUT2D eigenvalue weighted by molar-refractivity contribution is 6.25. The average molecular weight is 543 g/mol. The third-order valence-electron chi connectivity index (χ3n) is 8.71. The number of ketones is 3. The van der Waals surface area contributed by atoms with Crippen molar-refractivity contribution in [3.05, 3.63) is 35.4 Å². The Morgan fingerprint density at radius 1 is 1.18 bits per heavy atom. The summed E-state index contributed by atoms with van der Waals surface area (Å²) in [5.74, 6) is -9.06. The van der Waals surface area contributed by atoms with E-state index >= 15 is 0 Å². The molecule has 2 saturated carbocycles. The van der Waals surface area contributed by atoms with E-state index in [1.165, 1.54) is 0 Å². The number of phenols is 1. The van der Waals surface area contributed by atoms with Crippen LogP contribution in [0.3, 0.4) is 0 Å². The largest absolute Gasteiger partial charge is 0.507 e. The van der Waals surface area contributed by atoms with E-state index in [1.54, 1.807) is 25.1 Å². The summed E-state index contributed by atoms with van der Waals surface area (Å²) < 4.78 is 0. The number of rotatable bonds is 7. The van der Waals surface area contributed by atoms with Gasteiger partial charge in [-0.3, -0.25) is 24.1 Å². The minimum atomic E-state index is -2.68. The monoisotopic (exact) mass is 542 g/mol. The average Bonchev–Trinajstić information content (AvgIpc) is 2.82. The first-order chi connectivity index (χ1) is 18.2. The van der Waals surface area contributed by atoms with Gasteiger partial charge in [-0.05, 0) is 51.5 Å². The molecule has 0 spiro atoms. The van der Waals surface area contributed by atoms with Crippen molar-refractivity contribution >= 4 is 28.9 Å². The predicted octanol–water partition coefficient (Wildman–Crippen LogP) is -0.657. The fourth-order valence-corrected chi connectivity index (χ4v) is 7.02. The lowest BCUT2D eigenvalue weighted by atomic mass is 9.52. The molecule has 3 aliphatic carbocycles. The number of benzene rings is 1. The molecule has 7 atom stereocenters. The summed E-state index contributed by atoms with van der Waals surface area (Å²) >= 11 is 0. The van der Waals surface area contributed by atoms with Crippen LogP contribution in [0.1, 0.15) is 27.9 Å². The van der Waals surface area contributed by atoms with E-state index in [4.69, 9.17) is 5.73 Å². The van der Waals surface area contributed by atoms with Gasteiger partial charge < -0.3 is 30.9 Å². The van der Waals surface area contributed by atoms with Crippen LogP contribution in [0.5, 0.6) is 5.75 Å². The number of fused-ring (bicyclic) bond motifs is 3. The number of nitrogens with two attached hydrogens (primary N) is 1. The van der Waals surface area contributed by atoms with Gasteiger partial charge in [-0.1, -0.05) is 6.08 Å². The number of anilines is 1. The van der Waals surface area contributed by atoms with Crippen molar-refractivity contribution in [3.8, 4) is 5.75 Å². The maximum absolute atomic E-state index is 14.0. The van der Waals surface area contributed by atoms with Crippen molar-refractivity contribution in [2.45, 2.75) is 37.1 Å². The molecule has 1 aromatic carbocycles. The molecule has 1 amide bonds. The zero-order chi connectivity index (χ0) is 29.1. The lowest BCUT2D eigenvalue weighted by molar-refractivity contribution is -0.190. The van der Waals surface area contributed by atoms with Crippen LogP contribution in [0.4, 0.5) is 5.69 Å². The number of carbonyl (C=O) groups is 4. The Kier molecular flexibility index (Phi) is 7.50. The van der Waals surface area contributed by atoms with Crippen LogP contribution in [-0.4, -0.2) is 108 Å². The van der Waals surface area contributed by atoms with Gasteiger partial charge in [0, 0.05) is 50.4 Å². The van der Waals surface area contributed by atoms with Crippen molar-refractivity contribution in [3.63, 3.8) is 0 Å². The number of phenolic OH excluding ortho intramolecular Hbond substituents is 1. The first-order valence-electron chi connectivity index (χ1n) is 13.0. The molecule has 0 aliphatic heterocycles. The molecule has 2 fully saturated rings. The number of aliphatic hydroxyl groups excluding tert-OH is 1. The molecule has 11 heteroatoms. The Morgan fingerprint density at radius 3 is 2.36 bits per heavy atom. The second-order valence-corrected chi connectivity index (χ2v) is 11.6. The van der Waals surface area contributed by atoms with E-state index in [0.717, 1.165) is 5.69 Å². The smallest absolute Gasteiger partial charge is 0.230 e. The lowest BCUT2D eigenvalue weighted by Gasteiger charge is -2.55. The number of nitrogens with zero attached hydrogens (tertiary/aromatic N) is 3. The number of hydrogen-bond acceptors (Lipinski definition) is 10. The van der Waals surface area contributed by atoms with Gasteiger partial charge in [-0.25, -0.2) is 0 Å². The quantitative estimate of drug-likeness (QED) is 0.257. The lowest BCUT2D eigenvalue weighted by Crippen LogP contribution is -2.75. The normalized spacial score (nSPS) is 32.1. The molecular formula is C28H38N4O7. The molecule has 39 heavy (non-hydrogen) atoms. The second kappa shape index (κ2) is 10.1. The van der Waals surface area contributed by atoms with Crippen LogP contribution < -0.4 is 10.6 Å². The molecule has 5 N–H and O–H groups in total. The summed E-state index contributed by atoms with van der Waals surface area (Å²) in [4.78, 5) is 59.0. The van der Waals surface area contributed by atoms with E-state index in [2.05, 4.69) is 6.58 Å². The van der Waals surface area contributed by atoms with Gasteiger partial charge in [0.2, 0.25) is 5.91 Å². The highest BCUT2D eigenvalue weighted by atomic mass is 16.3. The molecule has 3 unspecified atom stereocenters. The van der Waals surface area contributed by atoms with Gasteiger partial charge in [0.05, 0.1) is 17.6 Å². The van der Waals surface area contributed by atoms with Crippen LogP contribution >= 0.6 is 0 Å². The number of carbonyl (C=O) groups excluding carboxylic acids is 4. The summed E-state index contributed by atoms with van der Waals surface area (Å²) in [6.45, 7) is 4.58. The van der Waals surface area contributed by atoms with Gasteiger partial charge in [0.1, 0.15) is 11.7 Å². The molecule has 0 radical (unpaired) electrons. The Labute approximate surface area is 227 Å². The molecule has 0 heterocycles. The highest BCUT2D eigenvalue weighted by Crippen LogP contribution is 2.52. The second-order valence-electron chi connectivity index (χ2n) is 11.6. The zero-order valence-electron chi connectivity index (χ0n) is 23.0. The molecule has 3 aliphatic rings. The van der Waals surface area contributed by atoms with Crippen molar-refractivity contribution in [1.82, 2.24) is 9.80 Å². The number of amides is 1. The summed E-state index contributed by atoms with van der Waals surface area (Å²) in [7, 11) is 8.73. The molecule has 4 rings (SSSR count). The van der Waals surface area contributed by atoms with Gasteiger partial charge in [-0.15, -0.1) is 6.58 Å². The summed E-state index contributed by atoms with van der Waals surface area (Å²) in [5.41, 5.74) is 4.57. The van der Waals surface area contributed by atoms with Crippen LogP contribution in [0.2, 0.25) is 0 Å². The Morgan fingerprint density at radius 2 is 1.82 bits per heavy atom. The van der Waals surface area contributed by atoms with Crippen molar-refractivity contribution in [1.29, 1.82) is 0 Å². The van der Waals surface area contributed by atoms with E-state index in [-0.39, 0.29) is 24.2 Å². The van der Waals surface area contributed by atoms with E-state index in [9.17, 15) is 34.5 Å². The molecule has 11 nitrogen and oxygen atoms in total. The predicted molar refractivity (Wildman–Crippen MR) is 143 cm³/mol. The van der Waals surface area contributed by atoms with E-state index in [1.807, 2.05) is 37.0 Å². The SMILES string of the molecule is C=CCN(C)Cc1cc(N(C)C)c2c(c1O)C(=O)C1C(=O)[C@@]3(O)C(=O)C(C(N)=O)C(O)[C@H](N(C)C)[C@H]3C[C@H]1C2. The fraction of sp³-hybridized carbons (Fsp3) is 0.571. The minimum Gasteiger partial charge on any atom is -0.507 e. The van der Waals surface area contributed by atoms with Crippen LogP contribution in [0, 0.1) is 23.7 Å². The molecule has 1 aromatic rings. The topological polar surface area (TPSA) is 165 Å². The van der Waals surface area contributed by atoms with Crippen molar-refractivity contribution in [2.24, 2.45) is 29.4 Å². The van der Waals surface area contributed by atoms with Crippen molar-refractivity contribution in [2.75, 3.05) is 46.7 Å². The molecule has 0 bridgehead atoms. The van der Waals surface area contributed by atoms with Gasteiger partial charge in [-0.2, -0.15) is 0 Å². The van der Waals surface area contributed by atoms with E-state index in [0.29, 0.717) is 24.2 Å². The van der Waals surface area contributed by atoms with Gasteiger partial charge in [0.15, 0.2) is 23.0 Å². The molecule has 0 aromatic heterocycles.